The summed E-state index contributed by atoms with van der Waals surface area (Å²) in [5.41, 5.74) is 1.36. The number of aromatic nitrogens is 1. The van der Waals surface area contributed by atoms with E-state index in [9.17, 15) is 0 Å². The third-order valence-corrected chi connectivity index (χ3v) is 3.43. The topological polar surface area (TPSA) is 12.9 Å². The summed E-state index contributed by atoms with van der Waals surface area (Å²) >= 11 is 1.85. The van der Waals surface area contributed by atoms with Gasteiger partial charge < -0.3 is 0 Å². The Morgan fingerprint density at radius 2 is 2.31 bits per heavy atom. The van der Waals surface area contributed by atoms with E-state index in [1.165, 1.54) is 36.4 Å². The van der Waals surface area contributed by atoms with Crippen LogP contribution in [0.2, 0.25) is 0 Å². The second kappa shape index (κ2) is 3.79. The lowest BCUT2D eigenvalue weighted by Gasteiger charge is -2.00. The van der Waals surface area contributed by atoms with Crippen LogP contribution < -0.4 is 0 Å². The first-order chi connectivity index (χ1) is 6.25. The third-order valence-electron chi connectivity index (χ3n) is 2.50. The Balaban J connectivity index is 1.89. The molecule has 0 saturated heterocycles. The molecule has 13 heavy (non-hydrogen) atoms. The Morgan fingerprint density at radius 3 is 2.92 bits per heavy atom. The zero-order valence-electron chi connectivity index (χ0n) is 8.42. The fourth-order valence-electron chi connectivity index (χ4n) is 1.42. The van der Waals surface area contributed by atoms with Crippen molar-refractivity contribution in [1.29, 1.82) is 0 Å². The average molecular weight is 195 g/mol. The van der Waals surface area contributed by atoms with E-state index >= 15 is 0 Å². The van der Waals surface area contributed by atoms with Crippen LogP contribution in [0.25, 0.3) is 0 Å². The SMILES string of the molecule is CC(C)CCc1nc(C2CC2)cs1. The largest absolute Gasteiger partial charge is 0.246 e. The van der Waals surface area contributed by atoms with Crippen LogP contribution in [-0.4, -0.2) is 4.98 Å². The molecular weight excluding hydrogens is 178 g/mol. The van der Waals surface area contributed by atoms with Crippen LogP contribution >= 0.6 is 11.3 Å². The molecule has 1 aromatic rings. The maximum atomic E-state index is 4.66. The van der Waals surface area contributed by atoms with Crippen LogP contribution in [-0.2, 0) is 6.42 Å². The van der Waals surface area contributed by atoms with Crippen LogP contribution in [0.1, 0.15) is 49.7 Å². The summed E-state index contributed by atoms with van der Waals surface area (Å²) in [6, 6.07) is 0. The molecule has 0 unspecified atom stereocenters. The summed E-state index contributed by atoms with van der Waals surface area (Å²) in [7, 11) is 0. The molecule has 2 heteroatoms. The Hall–Kier alpha value is -0.370. The van der Waals surface area contributed by atoms with Crippen molar-refractivity contribution < 1.29 is 0 Å². The zero-order chi connectivity index (χ0) is 9.26. The van der Waals surface area contributed by atoms with Crippen molar-refractivity contribution in [2.24, 2.45) is 5.92 Å². The summed E-state index contributed by atoms with van der Waals surface area (Å²) < 4.78 is 0. The van der Waals surface area contributed by atoms with Gasteiger partial charge in [-0.3, -0.25) is 0 Å². The molecule has 0 N–H and O–H groups in total. The number of nitrogens with zero attached hydrogens (tertiary/aromatic N) is 1. The highest BCUT2D eigenvalue weighted by Crippen LogP contribution is 2.40. The minimum absolute atomic E-state index is 0.799. The Labute approximate surface area is 84.2 Å². The summed E-state index contributed by atoms with van der Waals surface area (Å²) in [6.07, 6.45) is 5.19. The van der Waals surface area contributed by atoms with Gasteiger partial charge in [-0.05, 0) is 31.6 Å². The average Bonchev–Trinajstić information content (AvgIpc) is 2.83. The molecule has 1 aliphatic rings. The number of thiazole rings is 1. The van der Waals surface area contributed by atoms with E-state index in [1.54, 1.807) is 0 Å². The first-order valence-corrected chi connectivity index (χ1v) is 6.08. The van der Waals surface area contributed by atoms with Crippen molar-refractivity contribution in [1.82, 2.24) is 4.98 Å². The number of hydrogen-bond acceptors (Lipinski definition) is 2. The fraction of sp³-hybridized carbons (Fsp3) is 0.727. The Bertz CT molecular complexity index is 273. The lowest BCUT2D eigenvalue weighted by molar-refractivity contribution is 0.585. The van der Waals surface area contributed by atoms with Gasteiger partial charge in [0.05, 0.1) is 10.7 Å². The van der Waals surface area contributed by atoms with E-state index in [1.807, 2.05) is 11.3 Å². The lowest BCUT2D eigenvalue weighted by Crippen LogP contribution is -1.91. The number of rotatable bonds is 4. The maximum absolute atomic E-state index is 4.66. The lowest BCUT2D eigenvalue weighted by atomic mass is 10.1. The number of aryl methyl sites for hydroxylation is 1. The first kappa shape index (κ1) is 9.20. The molecule has 0 bridgehead atoms. The fourth-order valence-corrected chi connectivity index (χ4v) is 2.31. The molecular formula is C11H17NS. The minimum Gasteiger partial charge on any atom is -0.246 e. The van der Waals surface area contributed by atoms with E-state index in [0.717, 1.165) is 11.8 Å². The predicted molar refractivity (Wildman–Crippen MR) is 57.2 cm³/mol. The van der Waals surface area contributed by atoms with Gasteiger partial charge in [0.15, 0.2) is 0 Å². The van der Waals surface area contributed by atoms with Gasteiger partial charge in [0, 0.05) is 11.3 Å². The highest BCUT2D eigenvalue weighted by atomic mass is 32.1. The van der Waals surface area contributed by atoms with Gasteiger partial charge >= 0.3 is 0 Å². The van der Waals surface area contributed by atoms with Gasteiger partial charge in [-0.1, -0.05) is 13.8 Å². The molecule has 1 fully saturated rings. The normalized spacial score (nSPS) is 16.8. The molecule has 1 aliphatic carbocycles. The molecule has 1 heterocycles. The quantitative estimate of drug-likeness (QED) is 0.715. The van der Waals surface area contributed by atoms with E-state index in [-0.39, 0.29) is 0 Å². The summed E-state index contributed by atoms with van der Waals surface area (Å²) in [5.74, 6) is 1.62. The molecule has 1 saturated carbocycles. The highest BCUT2D eigenvalue weighted by molar-refractivity contribution is 7.09. The smallest absolute Gasteiger partial charge is 0.0928 e. The van der Waals surface area contributed by atoms with Crippen LogP contribution in [0.4, 0.5) is 0 Å². The van der Waals surface area contributed by atoms with Crippen LogP contribution in [0.15, 0.2) is 5.38 Å². The molecule has 0 amide bonds. The molecule has 1 aromatic heterocycles. The van der Waals surface area contributed by atoms with Crippen molar-refractivity contribution in [2.45, 2.75) is 45.4 Å². The van der Waals surface area contributed by atoms with Gasteiger partial charge in [0.2, 0.25) is 0 Å². The molecule has 2 rings (SSSR count). The van der Waals surface area contributed by atoms with Crippen molar-refractivity contribution in [3.8, 4) is 0 Å². The summed E-state index contributed by atoms with van der Waals surface area (Å²) in [6.45, 7) is 4.55. The van der Waals surface area contributed by atoms with Crippen molar-refractivity contribution in [3.05, 3.63) is 16.1 Å². The zero-order valence-corrected chi connectivity index (χ0v) is 9.23. The van der Waals surface area contributed by atoms with Gasteiger partial charge in [-0.25, -0.2) is 4.98 Å². The van der Waals surface area contributed by atoms with Gasteiger partial charge in [0.1, 0.15) is 0 Å². The number of hydrogen-bond donors (Lipinski definition) is 0. The molecule has 0 aromatic carbocycles. The third kappa shape index (κ3) is 2.53. The summed E-state index contributed by atoms with van der Waals surface area (Å²) in [4.78, 5) is 4.66. The predicted octanol–water partition coefficient (Wildman–Crippen LogP) is 3.61. The molecule has 0 radical (unpaired) electrons. The van der Waals surface area contributed by atoms with Crippen LogP contribution in [0.5, 0.6) is 0 Å². The van der Waals surface area contributed by atoms with Crippen molar-refractivity contribution in [2.75, 3.05) is 0 Å². The van der Waals surface area contributed by atoms with E-state index in [2.05, 4.69) is 24.2 Å². The van der Waals surface area contributed by atoms with Gasteiger partial charge in [-0.2, -0.15) is 0 Å². The molecule has 1 nitrogen and oxygen atoms in total. The van der Waals surface area contributed by atoms with E-state index in [0.29, 0.717) is 0 Å². The maximum Gasteiger partial charge on any atom is 0.0928 e. The Kier molecular flexibility index (Phi) is 2.68. The van der Waals surface area contributed by atoms with E-state index < -0.39 is 0 Å². The molecule has 0 atom stereocenters. The van der Waals surface area contributed by atoms with Crippen molar-refractivity contribution >= 4 is 11.3 Å². The summed E-state index contributed by atoms with van der Waals surface area (Å²) in [5, 5.41) is 3.60. The van der Waals surface area contributed by atoms with Crippen LogP contribution in [0.3, 0.4) is 0 Å². The standard InChI is InChI=1S/C11H17NS/c1-8(2)3-6-11-12-10(7-13-11)9-4-5-9/h7-9H,3-6H2,1-2H3. The second-order valence-corrected chi connectivity index (χ2v) is 5.32. The highest BCUT2D eigenvalue weighted by Gasteiger charge is 2.25. The molecule has 0 spiro atoms. The van der Waals surface area contributed by atoms with Crippen LogP contribution in [0, 0.1) is 5.92 Å². The minimum atomic E-state index is 0.799. The Morgan fingerprint density at radius 1 is 1.54 bits per heavy atom. The van der Waals surface area contributed by atoms with E-state index in [4.69, 9.17) is 0 Å². The molecule has 0 aliphatic heterocycles. The first-order valence-electron chi connectivity index (χ1n) is 5.20. The van der Waals surface area contributed by atoms with Crippen molar-refractivity contribution in [3.63, 3.8) is 0 Å². The van der Waals surface area contributed by atoms with Gasteiger partial charge in [-0.15, -0.1) is 11.3 Å². The second-order valence-electron chi connectivity index (χ2n) is 4.37. The monoisotopic (exact) mass is 195 g/mol. The van der Waals surface area contributed by atoms with Gasteiger partial charge in [0.25, 0.3) is 0 Å². The molecule has 72 valence electrons.